The molecular formula is C26H21NO5S. The number of nitrogens with zero attached hydrogens (tertiary/aromatic N) is 1. The van der Waals surface area contributed by atoms with Crippen LogP contribution in [0.2, 0.25) is 0 Å². The molecule has 7 heteroatoms. The Kier molecular flexibility index (Phi) is 4.87. The molecule has 0 aliphatic carbocycles. The van der Waals surface area contributed by atoms with E-state index in [1.54, 1.807) is 25.1 Å². The van der Waals surface area contributed by atoms with E-state index in [2.05, 4.69) is 0 Å². The lowest BCUT2D eigenvalue weighted by Gasteiger charge is -2.11. The van der Waals surface area contributed by atoms with Gasteiger partial charge in [-0.15, -0.1) is 0 Å². The van der Waals surface area contributed by atoms with Crippen LogP contribution in [0.1, 0.15) is 27.0 Å². The summed E-state index contributed by atoms with van der Waals surface area (Å²) in [5.41, 5.74) is 3.66. The van der Waals surface area contributed by atoms with Crippen LogP contribution in [0.15, 0.2) is 77.5 Å². The van der Waals surface area contributed by atoms with E-state index in [0.717, 1.165) is 22.0 Å². The largest absolute Gasteiger partial charge is 0.452 e. The molecule has 0 saturated carbocycles. The van der Waals surface area contributed by atoms with Crippen LogP contribution in [0.5, 0.6) is 11.5 Å². The Morgan fingerprint density at radius 3 is 2.45 bits per heavy atom. The normalized spacial score (nSPS) is 14.5. The summed E-state index contributed by atoms with van der Waals surface area (Å²) in [6.45, 7) is 3.55. The lowest BCUT2D eigenvalue weighted by atomic mass is 10.1. The molecule has 0 radical (unpaired) electrons. The molecule has 2 heterocycles. The van der Waals surface area contributed by atoms with Crippen LogP contribution < -0.4 is 8.92 Å². The Morgan fingerprint density at radius 1 is 0.970 bits per heavy atom. The van der Waals surface area contributed by atoms with Crippen LogP contribution in [0.4, 0.5) is 0 Å². The molecular weight excluding hydrogens is 438 g/mol. The predicted molar refractivity (Wildman–Crippen MR) is 126 cm³/mol. The zero-order valence-corrected chi connectivity index (χ0v) is 19.1. The minimum absolute atomic E-state index is 0.0570. The number of ether oxygens (including phenoxy) is 1. The van der Waals surface area contributed by atoms with Gasteiger partial charge in [0, 0.05) is 35.3 Å². The summed E-state index contributed by atoms with van der Waals surface area (Å²) in [6.07, 6.45) is 3.65. The summed E-state index contributed by atoms with van der Waals surface area (Å²) in [6, 6.07) is 17.3. The maximum atomic E-state index is 13.0. The molecule has 0 fully saturated rings. The quantitative estimate of drug-likeness (QED) is 0.311. The van der Waals surface area contributed by atoms with Gasteiger partial charge in [-0.1, -0.05) is 35.9 Å². The van der Waals surface area contributed by atoms with Crippen LogP contribution in [0.3, 0.4) is 0 Å². The number of rotatable bonds is 4. The fraction of sp³-hybridized carbons (Fsp3) is 0.115. The monoisotopic (exact) mass is 459 g/mol. The molecule has 166 valence electrons. The summed E-state index contributed by atoms with van der Waals surface area (Å²) in [5.74, 6) is 0.355. The zero-order valence-electron chi connectivity index (χ0n) is 18.3. The van der Waals surface area contributed by atoms with E-state index in [1.807, 2.05) is 49.0 Å². The number of benzene rings is 3. The molecule has 6 nitrogen and oxygen atoms in total. The summed E-state index contributed by atoms with van der Waals surface area (Å²) < 4.78 is 38.7. The molecule has 0 amide bonds. The molecule has 1 aliphatic heterocycles. The van der Waals surface area contributed by atoms with Gasteiger partial charge in [0.05, 0.1) is 5.56 Å². The van der Waals surface area contributed by atoms with Crippen molar-refractivity contribution in [2.45, 2.75) is 18.7 Å². The second-order valence-electron chi connectivity index (χ2n) is 8.07. The van der Waals surface area contributed by atoms with Crippen LogP contribution >= 0.6 is 0 Å². The number of hydrogen-bond acceptors (Lipinski definition) is 5. The maximum absolute atomic E-state index is 13.0. The first-order chi connectivity index (χ1) is 15.7. The maximum Gasteiger partial charge on any atom is 0.339 e. The van der Waals surface area contributed by atoms with E-state index in [0.29, 0.717) is 16.9 Å². The predicted octanol–water partition coefficient (Wildman–Crippen LogP) is 5.18. The number of ketones is 1. The highest BCUT2D eigenvalue weighted by atomic mass is 32.2. The minimum atomic E-state index is -4.03. The second-order valence-corrected chi connectivity index (χ2v) is 9.61. The number of carbonyl (C=O) groups is 1. The fourth-order valence-electron chi connectivity index (χ4n) is 3.96. The van der Waals surface area contributed by atoms with Crippen LogP contribution in [-0.4, -0.2) is 18.8 Å². The van der Waals surface area contributed by atoms with Gasteiger partial charge in [0.1, 0.15) is 16.4 Å². The average molecular weight is 460 g/mol. The average Bonchev–Trinajstić information content (AvgIpc) is 3.28. The minimum Gasteiger partial charge on any atom is -0.452 e. The number of aryl methyl sites for hydroxylation is 2. The molecule has 0 saturated heterocycles. The molecule has 5 rings (SSSR count). The highest BCUT2D eigenvalue weighted by Gasteiger charge is 2.31. The first-order valence-corrected chi connectivity index (χ1v) is 11.8. The molecule has 1 aromatic heterocycles. The molecule has 0 spiro atoms. The second kappa shape index (κ2) is 7.64. The Bertz CT molecular complexity index is 1560. The number of carbonyl (C=O) groups excluding carboxylic acids is 1. The third kappa shape index (κ3) is 3.60. The molecule has 33 heavy (non-hydrogen) atoms. The van der Waals surface area contributed by atoms with E-state index in [1.165, 1.54) is 24.3 Å². The topological polar surface area (TPSA) is 74.6 Å². The summed E-state index contributed by atoms with van der Waals surface area (Å²) in [5, 5.41) is 1.00. The van der Waals surface area contributed by atoms with Gasteiger partial charge in [-0.25, -0.2) is 0 Å². The van der Waals surface area contributed by atoms with Crippen molar-refractivity contribution in [3.8, 4) is 11.5 Å². The Labute approximate surface area is 191 Å². The fourth-order valence-corrected chi connectivity index (χ4v) is 4.94. The standard InChI is InChI=1S/C26H21NO5S/c1-16-8-10-19(11-9-16)33(29,30)32-23-13-12-21-25(28)24(31-26(21)17(23)2)14-18-15-27(3)22-7-5-4-6-20(18)22/h4-15H,1-3H3. The molecule has 4 aromatic rings. The van der Waals surface area contributed by atoms with Gasteiger partial charge in [0.2, 0.25) is 5.78 Å². The first-order valence-electron chi connectivity index (χ1n) is 10.4. The molecule has 0 unspecified atom stereocenters. The zero-order chi connectivity index (χ0) is 23.3. The molecule has 0 N–H and O–H groups in total. The van der Waals surface area contributed by atoms with E-state index in [-0.39, 0.29) is 22.2 Å². The van der Waals surface area contributed by atoms with Crippen molar-refractivity contribution in [1.29, 1.82) is 0 Å². The van der Waals surface area contributed by atoms with E-state index in [9.17, 15) is 13.2 Å². The van der Waals surface area contributed by atoms with Crippen LogP contribution in [0, 0.1) is 13.8 Å². The molecule has 1 aliphatic rings. The van der Waals surface area contributed by atoms with Crippen molar-refractivity contribution in [1.82, 2.24) is 4.57 Å². The molecule has 0 bridgehead atoms. The Hall–Kier alpha value is -3.84. The third-order valence-corrected chi connectivity index (χ3v) is 7.01. The van der Waals surface area contributed by atoms with Crippen LogP contribution in [0.25, 0.3) is 17.0 Å². The number of aromatic nitrogens is 1. The van der Waals surface area contributed by atoms with Crippen molar-refractivity contribution in [3.05, 3.63) is 94.9 Å². The van der Waals surface area contributed by atoms with Crippen molar-refractivity contribution in [2.75, 3.05) is 0 Å². The van der Waals surface area contributed by atoms with E-state index < -0.39 is 10.1 Å². The smallest absolute Gasteiger partial charge is 0.339 e. The first kappa shape index (κ1) is 21.0. The van der Waals surface area contributed by atoms with Gasteiger partial charge >= 0.3 is 10.1 Å². The SMILES string of the molecule is Cc1ccc(S(=O)(=O)Oc2ccc3c(c2C)OC(=Cc2cn(C)c4ccccc24)C3=O)cc1. The molecule has 3 aromatic carbocycles. The Balaban J connectivity index is 1.49. The van der Waals surface area contributed by atoms with Crippen LogP contribution in [-0.2, 0) is 17.2 Å². The molecule has 0 atom stereocenters. The van der Waals surface area contributed by atoms with Crippen molar-refractivity contribution >= 4 is 32.9 Å². The van der Waals surface area contributed by atoms with Gasteiger partial charge in [-0.05, 0) is 50.3 Å². The van der Waals surface area contributed by atoms with Crippen molar-refractivity contribution < 1.29 is 22.1 Å². The summed E-state index contributed by atoms with van der Waals surface area (Å²) in [7, 11) is -2.08. The van der Waals surface area contributed by atoms with Gasteiger partial charge in [-0.3, -0.25) is 4.79 Å². The van der Waals surface area contributed by atoms with Gasteiger partial charge in [0.15, 0.2) is 5.76 Å². The summed E-state index contributed by atoms with van der Waals surface area (Å²) in [4.78, 5) is 13.0. The number of hydrogen-bond donors (Lipinski definition) is 0. The summed E-state index contributed by atoms with van der Waals surface area (Å²) >= 11 is 0. The number of para-hydroxylation sites is 1. The number of fused-ring (bicyclic) bond motifs is 2. The lowest BCUT2D eigenvalue weighted by Crippen LogP contribution is -2.10. The highest BCUT2D eigenvalue weighted by Crippen LogP contribution is 2.40. The lowest BCUT2D eigenvalue weighted by molar-refractivity contribution is 0.101. The number of Topliss-reactive ketones (excluding diaryl/α,β-unsaturated/α-hetero) is 1. The Morgan fingerprint density at radius 2 is 1.70 bits per heavy atom. The van der Waals surface area contributed by atoms with E-state index >= 15 is 0 Å². The van der Waals surface area contributed by atoms with Gasteiger partial charge < -0.3 is 13.5 Å². The van der Waals surface area contributed by atoms with E-state index in [4.69, 9.17) is 8.92 Å². The highest BCUT2D eigenvalue weighted by molar-refractivity contribution is 7.87. The third-order valence-electron chi connectivity index (χ3n) is 5.76. The van der Waals surface area contributed by atoms with Crippen molar-refractivity contribution in [3.63, 3.8) is 0 Å². The van der Waals surface area contributed by atoms with Crippen molar-refractivity contribution in [2.24, 2.45) is 7.05 Å². The number of allylic oxidation sites excluding steroid dienone is 1. The van der Waals surface area contributed by atoms with Gasteiger partial charge in [0.25, 0.3) is 0 Å². The van der Waals surface area contributed by atoms with Gasteiger partial charge in [-0.2, -0.15) is 8.42 Å².